The SMILES string of the molecule is O=C(O)[C@@](F)(c1ccc(-c2ccccc2)cc1)C(F)(F)F. The fraction of sp³-hybridized carbons (Fsp3) is 0.133. The minimum absolute atomic E-state index is 0.564. The van der Waals surface area contributed by atoms with E-state index in [2.05, 4.69) is 0 Å². The summed E-state index contributed by atoms with van der Waals surface area (Å²) < 4.78 is 52.1. The number of halogens is 4. The zero-order valence-electron chi connectivity index (χ0n) is 10.6. The van der Waals surface area contributed by atoms with E-state index in [1.165, 1.54) is 12.1 Å². The molecule has 0 radical (unpaired) electrons. The smallest absolute Gasteiger partial charge is 0.437 e. The van der Waals surface area contributed by atoms with Gasteiger partial charge in [-0.3, -0.25) is 0 Å². The summed E-state index contributed by atoms with van der Waals surface area (Å²) in [7, 11) is 0. The van der Waals surface area contributed by atoms with E-state index in [0.717, 1.165) is 17.7 Å². The number of rotatable bonds is 3. The third-order valence-electron chi connectivity index (χ3n) is 3.08. The van der Waals surface area contributed by atoms with Gasteiger partial charge >= 0.3 is 17.8 Å². The Balaban J connectivity index is 2.45. The lowest BCUT2D eigenvalue weighted by Gasteiger charge is -2.24. The maximum Gasteiger partial charge on any atom is 0.437 e. The molecule has 0 spiro atoms. The van der Waals surface area contributed by atoms with Gasteiger partial charge in [0.2, 0.25) is 0 Å². The van der Waals surface area contributed by atoms with Crippen LogP contribution in [-0.4, -0.2) is 17.3 Å². The Labute approximate surface area is 117 Å². The van der Waals surface area contributed by atoms with Gasteiger partial charge in [-0.2, -0.15) is 13.2 Å². The molecule has 1 N–H and O–H groups in total. The Bertz CT molecular complexity index is 635. The summed E-state index contributed by atoms with van der Waals surface area (Å²) in [6.07, 6.45) is -5.53. The zero-order chi connectivity index (χ0) is 15.7. The summed E-state index contributed by atoms with van der Waals surface area (Å²) >= 11 is 0. The first kappa shape index (κ1) is 15.0. The van der Waals surface area contributed by atoms with Gasteiger partial charge in [0.15, 0.2) is 0 Å². The van der Waals surface area contributed by atoms with Crippen LogP contribution in [0.5, 0.6) is 0 Å². The minimum Gasteiger partial charge on any atom is -0.478 e. The van der Waals surface area contributed by atoms with E-state index in [9.17, 15) is 22.4 Å². The molecule has 0 aliphatic rings. The molecule has 2 nitrogen and oxygen atoms in total. The van der Waals surface area contributed by atoms with Crippen LogP contribution in [0, 0.1) is 0 Å². The number of alkyl halides is 4. The summed E-state index contributed by atoms with van der Waals surface area (Å²) in [6.45, 7) is 0. The van der Waals surface area contributed by atoms with Crippen LogP contribution < -0.4 is 0 Å². The number of benzene rings is 2. The lowest BCUT2D eigenvalue weighted by molar-refractivity contribution is -0.240. The molecule has 0 amide bonds. The highest BCUT2D eigenvalue weighted by molar-refractivity contribution is 5.81. The van der Waals surface area contributed by atoms with Gasteiger partial charge < -0.3 is 5.11 Å². The second-order valence-corrected chi connectivity index (χ2v) is 4.40. The normalized spacial score (nSPS) is 14.5. The van der Waals surface area contributed by atoms with Crippen molar-refractivity contribution in [1.29, 1.82) is 0 Å². The molecule has 6 heteroatoms. The Morgan fingerprint density at radius 3 is 1.71 bits per heavy atom. The van der Waals surface area contributed by atoms with E-state index in [-0.39, 0.29) is 0 Å². The monoisotopic (exact) mass is 298 g/mol. The van der Waals surface area contributed by atoms with Gasteiger partial charge in [0.1, 0.15) is 0 Å². The van der Waals surface area contributed by atoms with Crippen molar-refractivity contribution in [2.45, 2.75) is 11.8 Å². The molecule has 0 saturated heterocycles. The van der Waals surface area contributed by atoms with Crippen LogP contribution in [0.4, 0.5) is 17.6 Å². The van der Waals surface area contributed by atoms with Gasteiger partial charge in [0.25, 0.3) is 0 Å². The van der Waals surface area contributed by atoms with Crippen molar-refractivity contribution in [2.75, 3.05) is 0 Å². The standard InChI is InChI=1S/C15H10F4O2/c16-14(13(20)21,15(17,18)19)12-8-6-11(7-9-12)10-4-2-1-3-5-10/h1-9H,(H,20,21)/t14-/m0/s1. The van der Waals surface area contributed by atoms with Crippen LogP contribution in [0.25, 0.3) is 11.1 Å². The van der Waals surface area contributed by atoms with Crippen molar-refractivity contribution in [3.05, 3.63) is 60.2 Å². The van der Waals surface area contributed by atoms with Crippen molar-refractivity contribution in [3.63, 3.8) is 0 Å². The quantitative estimate of drug-likeness (QED) is 0.864. The summed E-state index contributed by atoms with van der Waals surface area (Å²) in [5.41, 5.74) is -4.07. The minimum atomic E-state index is -5.53. The summed E-state index contributed by atoms with van der Waals surface area (Å²) in [5.74, 6) is -2.58. The predicted octanol–water partition coefficient (Wildman–Crippen LogP) is 4.17. The molecule has 0 saturated carbocycles. The molecule has 0 bridgehead atoms. The summed E-state index contributed by atoms with van der Waals surface area (Å²) in [5, 5.41) is 8.61. The van der Waals surface area contributed by atoms with E-state index in [1.807, 2.05) is 0 Å². The van der Waals surface area contributed by atoms with Gasteiger partial charge in [-0.05, 0) is 11.1 Å². The highest BCUT2D eigenvalue weighted by Crippen LogP contribution is 2.43. The van der Waals surface area contributed by atoms with Gasteiger partial charge in [0, 0.05) is 5.56 Å². The Morgan fingerprint density at radius 1 is 0.810 bits per heavy atom. The number of carbonyl (C=O) groups is 1. The second-order valence-electron chi connectivity index (χ2n) is 4.40. The van der Waals surface area contributed by atoms with Crippen LogP contribution in [-0.2, 0) is 10.5 Å². The lowest BCUT2D eigenvalue weighted by Crippen LogP contribution is -2.45. The van der Waals surface area contributed by atoms with Gasteiger partial charge in [-0.1, -0.05) is 54.6 Å². The molecule has 1 atom stereocenters. The molecule has 0 aromatic heterocycles. The Hall–Kier alpha value is -2.37. The van der Waals surface area contributed by atoms with Gasteiger partial charge in [0.05, 0.1) is 0 Å². The van der Waals surface area contributed by atoms with Crippen LogP contribution in [0.15, 0.2) is 54.6 Å². The average Bonchev–Trinajstić information content (AvgIpc) is 2.46. The number of hydrogen-bond donors (Lipinski definition) is 1. The van der Waals surface area contributed by atoms with Crippen LogP contribution >= 0.6 is 0 Å². The molecule has 2 rings (SSSR count). The summed E-state index contributed by atoms with van der Waals surface area (Å²) in [6, 6.07) is 12.9. The van der Waals surface area contributed by atoms with Crippen LogP contribution in [0.3, 0.4) is 0 Å². The molecule has 0 unspecified atom stereocenters. The molecule has 0 aliphatic heterocycles. The van der Waals surface area contributed by atoms with Crippen molar-refractivity contribution < 1.29 is 27.5 Å². The zero-order valence-corrected chi connectivity index (χ0v) is 10.6. The van der Waals surface area contributed by atoms with Gasteiger partial charge in [-0.15, -0.1) is 0 Å². The second kappa shape index (κ2) is 5.20. The van der Waals surface area contributed by atoms with E-state index in [1.54, 1.807) is 30.3 Å². The topological polar surface area (TPSA) is 37.3 Å². The molecule has 0 fully saturated rings. The van der Waals surface area contributed by atoms with E-state index in [0.29, 0.717) is 5.56 Å². The van der Waals surface area contributed by atoms with Crippen LogP contribution in [0.2, 0.25) is 0 Å². The number of carboxylic acid groups (broad SMARTS) is 1. The molecular weight excluding hydrogens is 288 g/mol. The van der Waals surface area contributed by atoms with Crippen molar-refractivity contribution in [2.24, 2.45) is 0 Å². The fourth-order valence-corrected chi connectivity index (χ4v) is 1.93. The van der Waals surface area contributed by atoms with E-state index >= 15 is 0 Å². The first-order chi connectivity index (χ1) is 9.76. The highest BCUT2D eigenvalue weighted by Gasteiger charge is 2.63. The lowest BCUT2D eigenvalue weighted by atomic mass is 9.93. The number of hydrogen-bond acceptors (Lipinski definition) is 1. The summed E-state index contributed by atoms with van der Waals surface area (Å²) in [4.78, 5) is 10.7. The molecule has 2 aromatic carbocycles. The highest BCUT2D eigenvalue weighted by atomic mass is 19.4. The van der Waals surface area contributed by atoms with E-state index in [4.69, 9.17) is 5.11 Å². The average molecular weight is 298 g/mol. The third-order valence-corrected chi connectivity index (χ3v) is 3.08. The van der Waals surface area contributed by atoms with Crippen LogP contribution in [0.1, 0.15) is 5.56 Å². The fourth-order valence-electron chi connectivity index (χ4n) is 1.93. The Morgan fingerprint density at radius 2 is 1.29 bits per heavy atom. The number of carboxylic acids is 1. The Kier molecular flexibility index (Phi) is 3.72. The molecule has 110 valence electrons. The molecule has 2 aromatic rings. The number of aliphatic carboxylic acids is 1. The largest absolute Gasteiger partial charge is 0.478 e. The maximum atomic E-state index is 14.0. The first-order valence-electron chi connectivity index (χ1n) is 5.92. The predicted molar refractivity (Wildman–Crippen MR) is 68.4 cm³/mol. The van der Waals surface area contributed by atoms with Gasteiger partial charge in [-0.25, -0.2) is 9.18 Å². The molecule has 0 aliphatic carbocycles. The molecule has 0 heterocycles. The molecular formula is C15H10F4O2. The molecule has 21 heavy (non-hydrogen) atoms. The van der Waals surface area contributed by atoms with Crippen molar-refractivity contribution >= 4 is 5.97 Å². The maximum absolute atomic E-state index is 14.0. The van der Waals surface area contributed by atoms with Crippen molar-refractivity contribution in [3.8, 4) is 11.1 Å². The third kappa shape index (κ3) is 2.61. The van der Waals surface area contributed by atoms with E-state index < -0.39 is 23.4 Å². The first-order valence-corrected chi connectivity index (χ1v) is 5.92. The van der Waals surface area contributed by atoms with Crippen molar-refractivity contribution in [1.82, 2.24) is 0 Å².